The van der Waals surface area contributed by atoms with Crippen molar-refractivity contribution in [2.45, 2.75) is 96.6 Å². The monoisotopic (exact) mass is 1020 g/mol. The number of esters is 1. The van der Waals surface area contributed by atoms with Crippen molar-refractivity contribution in [2.24, 2.45) is 0 Å². The molecule has 0 radical (unpaired) electrons. The molecule has 3 aliphatic heterocycles. The maximum atomic E-state index is 14.9. The predicted octanol–water partition coefficient (Wildman–Crippen LogP) is 1.74. The van der Waals surface area contributed by atoms with Gasteiger partial charge in [0.15, 0.2) is 5.60 Å². The number of carbonyl (C=O) groups excluding carboxylic acids is 9. The zero-order valence-corrected chi connectivity index (χ0v) is 41.0. The molecule has 20 nitrogen and oxygen atoms in total. The van der Waals surface area contributed by atoms with Gasteiger partial charge in [0.25, 0.3) is 17.4 Å². The van der Waals surface area contributed by atoms with Crippen molar-refractivity contribution in [3.05, 3.63) is 110 Å². The number of ether oxygens (including phenoxy) is 1. The van der Waals surface area contributed by atoms with E-state index in [1.54, 1.807) is 56.3 Å². The van der Waals surface area contributed by atoms with Crippen molar-refractivity contribution < 1.29 is 57.4 Å². The maximum absolute atomic E-state index is 14.9. The van der Waals surface area contributed by atoms with Gasteiger partial charge in [0.2, 0.25) is 29.5 Å². The fraction of sp³-hybridized carbons (Fsp3) is 0.392. The summed E-state index contributed by atoms with van der Waals surface area (Å²) in [5, 5.41) is 24.9. The first-order valence-electron chi connectivity index (χ1n) is 23.8. The zero-order chi connectivity index (χ0) is 52.4. The molecule has 2 atom stereocenters. The van der Waals surface area contributed by atoms with Crippen LogP contribution < -0.4 is 32.1 Å². The van der Waals surface area contributed by atoms with Gasteiger partial charge in [-0.05, 0) is 55.0 Å². The lowest BCUT2D eigenvalue weighted by Gasteiger charge is -2.31. The summed E-state index contributed by atoms with van der Waals surface area (Å²) in [6, 6.07) is 12.1. The quantitative estimate of drug-likeness (QED) is 0.0223. The zero-order valence-electron chi connectivity index (χ0n) is 40.2. The third-order valence-corrected chi connectivity index (χ3v) is 13.6. The van der Waals surface area contributed by atoms with E-state index in [4.69, 9.17) is 9.72 Å². The molecule has 6 N–H and O–H groups in total. The van der Waals surface area contributed by atoms with Gasteiger partial charge in [-0.15, -0.1) is 11.8 Å². The Kier molecular flexibility index (Phi) is 17.3. The van der Waals surface area contributed by atoms with Crippen molar-refractivity contribution in [3.8, 4) is 11.4 Å². The van der Waals surface area contributed by atoms with Crippen LogP contribution in [0.3, 0.4) is 0 Å². The van der Waals surface area contributed by atoms with Gasteiger partial charge in [0, 0.05) is 73.5 Å². The normalized spacial score (nSPS) is 15.8. The molecule has 73 heavy (non-hydrogen) atoms. The molecule has 0 aliphatic carbocycles. The molecule has 0 saturated heterocycles. The summed E-state index contributed by atoms with van der Waals surface area (Å²) in [4.78, 5) is 133. The summed E-state index contributed by atoms with van der Waals surface area (Å²) in [5.74, 6) is -5.20. The lowest BCUT2D eigenvalue weighted by molar-refractivity contribution is -0.172. The topological polar surface area (TPSA) is 281 Å². The minimum absolute atomic E-state index is 0.00777. The van der Waals surface area contributed by atoms with Crippen LogP contribution in [0, 0.1) is 12.7 Å². The van der Waals surface area contributed by atoms with E-state index in [1.165, 1.54) is 22.8 Å². The highest BCUT2D eigenvalue weighted by Gasteiger charge is 2.45. The molecule has 4 aromatic rings. The second-order valence-corrected chi connectivity index (χ2v) is 18.8. The standard InChI is InChI=1S/C51H55FN8O12S/c1-3-51(71)36-20-40-47-34(25-60(40)49(69)35(36)26-72-50(51)70)33(32-18-29(2)37(52)21-38(32)58-47)22-53-44(65)27-73-28-56-42(63)23-55-48(68)39(19-30-10-6-4-7-11-30)57-43(64)24-54-41(62)14-13-31(61)12-8-5-9-17-59-45(66)15-16-46(59)67/h4,6-7,10-11,15-16,18,20-21,39,71H,3,5,8-9,12-14,17,19,22-28H2,1-2H3,(H,53,65)(H,54,62)(H,55,68)(H,56,63)(H,57,64)/t39-,51-/m0/s1. The van der Waals surface area contributed by atoms with E-state index in [-0.39, 0.29) is 104 Å². The third kappa shape index (κ3) is 12.7. The summed E-state index contributed by atoms with van der Waals surface area (Å²) < 4.78 is 21.5. The number of fused-ring (bicyclic) bond motifs is 5. The van der Waals surface area contributed by atoms with Crippen LogP contribution in [-0.4, -0.2) is 110 Å². The van der Waals surface area contributed by atoms with E-state index in [0.717, 1.165) is 16.7 Å². The smallest absolute Gasteiger partial charge is 0.343 e. The molecule has 3 aliphatic rings. The number of nitrogens with one attached hydrogen (secondary N) is 5. The second-order valence-electron chi connectivity index (χ2n) is 17.8. The van der Waals surface area contributed by atoms with Crippen LogP contribution in [-0.2, 0) is 79.6 Å². The van der Waals surface area contributed by atoms with Crippen LogP contribution in [0.15, 0.2) is 65.5 Å². The van der Waals surface area contributed by atoms with Crippen LogP contribution >= 0.6 is 11.8 Å². The van der Waals surface area contributed by atoms with Crippen LogP contribution in [0.4, 0.5) is 4.39 Å². The van der Waals surface area contributed by atoms with Crippen LogP contribution in [0.2, 0.25) is 0 Å². The Morgan fingerprint density at radius 1 is 0.849 bits per heavy atom. The van der Waals surface area contributed by atoms with Crippen LogP contribution in [0.1, 0.15) is 85.3 Å². The van der Waals surface area contributed by atoms with Crippen LogP contribution in [0.25, 0.3) is 22.3 Å². The van der Waals surface area contributed by atoms with E-state index < -0.39 is 71.6 Å². The number of cyclic esters (lactones) is 1. The van der Waals surface area contributed by atoms with Gasteiger partial charge >= 0.3 is 5.97 Å². The highest BCUT2D eigenvalue weighted by molar-refractivity contribution is 7.99. The molecule has 2 aromatic carbocycles. The molecule has 7 rings (SSSR count). The number of aliphatic hydroxyl groups is 1. The fourth-order valence-electron chi connectivity index (χ4n) is 8.73. The van der Waals surface area contributed by atoms with Crippen molar-refractivity contribution in [1.29, 1.82) is 0 Å². The SMILES string of the molecule is CC[C@@]1(O)C(=O)OCc2c1cc1n(c2=O)Cc2c-1nc1cc(F)c(C)cc1c2CNC(=O)CSCNC(=O)CNC(=O)[C@H](Cc1ccccc1)NC(=O)CNC(=O)CCC(=O)CCCCCN1C(=O)C=CC1=O. The number of hydrogen-bond donors (Lipinski definition) is 6. The number of thioether (sulfide) groups is 1. The van der Waals surface area contributed by atoms with Gasteiger partial charge in [-0.1, -0.05) is 43.7 Å². The summed E-state index contributed by atoms with van der Waals surface area (Å²) in [5.41, 5.74) is 0.933. The van der Waals surface area contributed by atoms with E-state index >= 15 is 0 Å². The largest absolute Gasteiger partial charge is 0.458 e. The molecule has 384 valence electrons. The predicted molar refractivity (Wildman–Crippen MR) is 263 cm³/mol. The van der Waals surface area contributed by atoms with Crippen molar-refractivity contribution in [3.63, 3.8) is 0 Å². The number of Topliss-reactive ketones (excluding diaryl/α,β-unsaturated/α-hetero) is 1. The van der Waals surface area contributed by atoms with E-state index in [9.17, 15) is 57.4 Å². The Hall–Kier alpha value is -7.59. The van der Waals surface area contributed by atoms with Gasteiger partial charge in [-0.3, -0.25) is 48.1 Å². The van der Waals surface area contributed by atoms with Gasteiger partial charge in [-0.25, -0.2) is 14.2 Å². The molecule has 0 fully saturated rings. The van der Waals surface area contributed by atoms with Gasteiger partial charge in [0.05, 0.1) is 53.7 Å². The van der Waals surface area contributed by atoms with Gasteiger partial charge in [-0.2, -0.15) is 0 Å². The maximum Gasteiger partial charge on any atom is 0.343 e. The van der Waals surface area contributed by atoms with E-state index in [0.29, 0.717) is 58.3 Å². The highest BCUT2D eigenvalue weighted by atomic mass is 32.2. The Balaban J connectivity index is 0.855. The van der Waals surface area contributed by atoms with Crippen molar-refractivity contribution in [1.82, 2.24) is 41.0 Å². The number of rotatable bonds is 24. The average molecular weight is 1020 g/mol. The number of hydrogen-bond acceptors (Lipinski definition) is 14. The Morgan fingerprint density at radius 3 is 2.33 bits per heavy atom. The molecule has 5 heterocycles. The number of unbranched alkanes of at least 4 members (excludes halogenated alkanes) is 2. The summed E-state index contributed by atoms with van der Waals surface area (Å²) in [6.07, 6.45) is 4.18. The van der Waals surface area contributed by atoms with Gasteiger partial charge in [0.1, 0.15) is 24.2 Å². The number of nitrogens with zero attached hydrogens (tertiary/aromatic N) is 3. The lowest BCUT2D eigenvalue weighted by Crippen LogP contribution is -2.52. The van der Waals surface area contributed by atoms with Crippen molar-refractivity contribution >= 4 is 75.8 Å². The Bertz CT molecular complexity index is 2960. The number of ketones is 1. The highest BCUT2D eigenvalue weighted by Crippen LogP contribution is 2.40. The lowest BCUT2D eigenvalue weighted by atomic mass is 9.86. The molecular formula is C51H55FN8O12S. The fourth-order valence-corrected chi connectivity index (χ4v) is 9.38. The average Bonchev–Trinajstić information content (AvgIpc) is 3.91. The van der Waals surface area contributed by atoms with E-state index in [1.807, 2.05) is 0 Å². The molecular weight excluding hydrogens is 968 g/mol. The minimum Gasteiger partial charge on any atom is -0.458 e. The summed E-state index contributed by atoms with van der Waals surface area (Å²) in [7, 11) is 0. The number of aryl methyl sites for hydroxylation is 1. The number of carbonyl (C=O) groups is 9. The Labute approximate surface area is 422 Å². The second kappa shape index (κ2) is 23.8. The van der Waals surface area contributed by atoms with E-state index in [2.05, 4.69) is 26.6 Å². The first kappa shape index (κ1) is 53.2. The minimum atomic E-state index is -2.04. The molecule has 0 saturated carbocycles. The summed E-state index contributed by atoms with van der Waals surface area (Å²) in [6.45, 7) is 2.25. The number of benzene rings is 2. The first-order valence-corrected chi connectivity index (χ1v) is 25.0. The van der Waals surface area contributed by atoms with Gasteiger partial charge < -0.3 is 41.0 Å². The third-order valence-electron chi connectivity index (χ3n) is 12.8. The first-order chi connectivity index (χ1) is 35.0. The molecule has 7 amide bonds. The Morgan fingerprint density at radius 2 is 1.59 bits per heavy atom. The number of amides is 7. The van der Waals surface area contributed by atoms with Crippen molar-refractivity contribution in [2.75, 3.05) is 31.3 Å². The molecule has 0 unspecified atom stereocenters. The molecule has 2 aromatic heterocycles. The molecule has 0 spiro atoms. The number of imide groups is 1. The number of halogens is 1. The summed E-state index contributed by atoms with van der Waals surface area (Å²) >= 11 is 1.08. The van der Waals surface area contributed by atoms with Crippen LogP contribution in [0.5, 0.6) is 0 Å². The molecule has 22 heteroatoms. The number of aromatic nitrogens is 2. The molecule has 0 bridgehead atoms. The number of pyridine rings is 2.